The van der Waals surface area contributed by atoms with Crippen molar-refractivity contribution in [2.24, 2.45) is 11.7 Å². The number of nitrogens with two attached hydrogens (primary N) is 1. The van der Waals surface area contributed by atoms with E-state index in [4.69, 9.17) is 10.5 Å². The molecule has 0 spiro atoms. The fraction of sp³-hybridized carbons (Fsp3) is 1.00. The minimum Gasteiger partial charge on any atom is -0.379 e. The number of rotatable bonds is 2. The molecule has 4 heteroatoms. The standard InChI is InChI=1S/C11H22N2O.ClH/c12-11-3-1-10(2-4-11)9-13-5-7-14-8-6-13;/h10-11H,1-9,12H2;1H. The van der Waals surface area contributed by atoms with Gasteiger partial charge in [0.2, 0.25) is 0 Å². The zero-order valence-corrected chi connectivity index (χ0v) is 10.2. The zero-order chi connectivity index (χ0) is 9.80. The molecule has 2 aliphatic rings. The van der Waals surface area contributed by atoms with Crippen LogP contribution >= 0.6 is 12.4 Å². The van der Waals surface area contributed by atoms with E-state index in [-0.39, 0.29) is 12.4 Å². The molecular weight excluding hydrogens is 212 g/mol. The van der Waals surface area contributed by atoms with Gasteiger partial charge in [0.15, 0.2) is 0 Å². The predicted octanol–water partition coefficient (Wildman–Crippen LogP) is 1.26. The van der Waals surface area contributed by atoms with E-state index in [1.54, 1.807) is 0 Å². The first-order valence-corrected chi connectivity index (χ1v) is 5.90. The van der Waals surface area contributed by atoms with Gasteiger partial charge in [0.25, 0.3) is 0 Å². The number of morpholine rings is 1. The lowest BCUT2D eigenvalue weighted by atomic mass is 9.86. The van der Waals surface area contributed by atoms with E-state index in [9.17, 15) is 0 Å². The van der Waals surface area contributed by atoms with Crippen LogP contribution in [0.15, 0.2) is 0 Å². The summed E-state index contributed by atoms with van der Waals surface area (Å²) in [6.45, 7) is 5.37. The molecule has 0 aromatic heterocycles. The molecule has 0 unspecified atom stereocenters. The third kappa shape index (κ3) is 4.27. The van der Waals surface area contributed by atoms with Gasteiger partial charge in [-0.2, -0.15) is 0 Å². The maximum atomic E-state index is 5.90. The predicted molar refractivity (Wildman–Crippen MR) is 64.4 cm³/mol. The molecule has 0 bridgehead atoms. The summed E-state index contributed by atoms with van der Waals surface area (Å²) in [5, 5.41) is 0. The van der Waals surface area contributed by atoms with Crippen molar-refractivity contribution in [3.8, 4) is 0 Å². The lowest BCUT2D eigenvalue weighted by Crippen LogP contribution is -2.40. The van der Waals surface area contributed by atoms with Gasteiger partial charge in [-0.25, -0.2) is 0 Å². The fourth-order valence-corrected chi connectivity index (χ4v) is 2.52. The van der Waals surface area contributed by atoms with Crippen molar-refractivity contribution < 1.29 is 4.74 Å². The summed E-state index contributed by atoms with van der Waals surface area (Å²) in [6, 6.07) is 0.482. The van der Waals surface area contributed by atoms with Crippen LogP contribution in [-0.2, 0) is 4.74 Å². The number of ether oxygens (including phenoxy) is 1. The Labute approximate surface area is 98.7 Å². The van der Waals surface area contributed by atoms with E-state index < -0.39 is 0 Å². The first-order chi connectivity index (χ1) is 6.84. The summed E-state index contributed by atoms with van der Waals surface area (Å²) in [7, 11) is 0. The Bertz CT molecular complexity index is 166. The monoisotopic (exact) mass is 234 g/mol. The topological polar surface area (TPSA) is 38.5 Å². The van der Waals surface area contributed by atoms with Gasteiger partial charge in [-0.3, -0.25) is 4.90 Å². The molecule has 90 valence electrons. The van der Waals surface area contributed by atoms with E-state index >= 15 is 0 Å². The van der Waals surface area contributed by atoms with E-state index in [1.807, 2.05) is 0 Å². The van der Waals surface area contributed by atoms with Crippen LogP contribution in [0.2, 0.25) is 0 Å². The van der Waals surface area contributed by atoms with Crippen LogP contribution in [0.3, 0.4) is 0 Å². The quantitative estimate of drug-likeness (QED) is 0.782. The molecule has 1 heterocycles. The molecule has 1 saturated heterocycles. The second kappa shape index (κ2) is 6.69. The SMILES string of the molecule is Cl.NC1CCC(CN2CCOCC2)CC1. The van der Waals surface area contributed by atoms with E-state index in [2.05, 4.69) is 4.90 Å². The molecule has 0 amide bonds. The van der Waals surface area contributed by atoms with E-state index in [1.165, 1.54) is 32.2 Å². The maximum Gasteiger partial charge on any atom is 0.0594 e. The summed E-state index contributed by atoms with van der Waals surface area (Å²) >= 11 is 0. The molecule has 0 atom stereocenters. The second-order valence-electron chi connectivity index (χ2n) is 4.69. The van der Waals surface area contributed by atoms with Crippen molar-refractivity contribution in [1.82, 2.24) is 4.90 Å². The Morgan fingerprint density at radius 2 is 1.67 bits per heavy atom. The van der Waals surface area contributed by atoms with Gasteiger partial charge in [-0.05, 0) is 31.6 Å². The lowest BCUT2D eigenvalue weighted by Gasteiger charge is -2.33. The van der Waals surface area contributed by atoms with Crippen LogP contribution in [-0.4, -0.2) is 43.8 Å². The Morgan fingerprint density at radius 3 is 2.27 bits per heavy atom. The summed E-state index contributed by atoms with van der Waals surface area (Å²) in [4.78, 5) is 2.55. The normalized spacial score (nSPS) is 33.4. The summed E-state index contributed by atoms with van der Waals surface area (Å²) in [5.74, 6) is 0.896. The van der Waals surface area contributed by atoms with E-state index in [0.717, 1.165) is 32.2 Å². The highest BCUT2D eigenvalue weighted by Gasteiger charge is 2.21. The number of nitrogens with zero attached hydrogens (tertiary/aromatic N) is 1. The molecule has 3 nitrogen and oxygen atoms in total. The van der Waals surface area contributed by atoms with Gasteiger partial charge < -0.3 is 10.5 Å². The Hall–Kier alpha value is 0.170. The highest BCUT2D eigenvalue weighted by atomic mass is 35.5. The van der Waals surface area contributed by atoms with Crippen LogP contribution in [0.4, 0.5) is 0 Å². The molecule has 0 aromatic carbocycles. The minimum absolute atomic E-state index is 0. The van der Waals surface area contributed by atoms with Crippen molar-refractivity contribution in [2.45, 2.75) is 31.7 Å². The van der Waals surface area contributed by atoms with E-state index in [0.29, 0.717) is 6.04 Å². The molecule has 0 radical (unpaired) electrons. The first kappa shape index (κ1) is 13.2. The van der Waals surface area contributed by atoms with Gasteiger partial charge in [0.1, 0.15) is 0 Å². The Morgan fingerprint density at radius 1 is 1.07 bits per heavy atom. The van der Waals surface area contributed by atoms with Crippen molar-refractivity contribution in [3.05, 3.63) is 0 Å². The molecular formula is C11H23ClN2O. The second-order valence-corrected chi connectivity index (χ2v) is 4.69. The third-order valence-corrected chi connectivity index (χ3v) is 3.51. The number of hydrogen-bond acceptors (Lipinski definition) is 3. The van der Waals surface area contributed by atoms with Gasteiger partial charge in [0, 0.05) is 25.7 Å². The lowest BCUT2D eigenvalue weighted by molar-refractivity contribution is 0.0274. The summed E-state index contributed by atoms with van der Waals surface area (Å²) < 4.78 is 5.34. The molecule has 2 rings (SSSR count). The fourth-order valence-electron chi connectivity index (χ4n) is 2.52. The number of hydrogen-bond donors (Lipinski definition) is 1. The molecule has 1 saturated carbocycles. The Balaban J connectivity index is 0.00000112. The average Bonchev–Trinajstić information content (AvgIpc) is 2.23. The molecule has 2 fully saturated rings. The largest absolute Gasteiger partial charge is 0.379 e. The zero-order valence-electron chi connectivity index (χ0n) is 9.36. The van der Waals surface area contributed by atoms with Gasteiger partial charge in [-0.1, -0.05) is 0 Å². The minimum atomic E-state index is 0. The summed E-state index contributed by atoms with van der Waals surface area (Å²) in [6.07, 6.45) is 5.13. The smallest absolute Gasteiger partial charge is 0.0594 e. The van der Waals surface area contributed by atoms with Crippen molar-refractivity contribution in [1.29, 1.82) is 0 Å². The van der Waals surface area contributed by atoms with Gasteiger partial charge in [-0.15, -0.1) is 12.4 Å². The van der Waals surface area contributed by atoms with Crippen LogP contribution in [0.1, 0.15) is 25.7 Å². The maximum absolute atomic E-state index is 5.90. The van der Waals surface area contributed by atoms with Gasteiger partial charge >= 0.3 is 0 Å². The molecule has 0 aromatic rings. The molecule has 2 N–H and O–H groups in total. The van der Waals surface area contributed by atoms with Crippen LogP contribution in [0.5, 0.6) is 0 Å². The van der Waals surface area contributed by atoms with Crippen LogP contribution in [0.25, 0.3) is 0 Å². The highest BCUT2D eigenvalue weighted by molar-refractivity contribution is 5.85. The van der Waals surface area contributed by atoms with Crippen molar-refractivity contribution >= 4 is 12.4 Å². The van der Waals surface area contributed by atoms with Crippen LogP contribution < -0.4 is 5.73 Å². The van der Waals surface area contributed by atoms with Crippen molar-refractivity contribution in [3.63, 3.8) is 0 Å². The molecule has 1 aliphatic heterocycles. The average molecular weight is 235 g/mol. The van der Waals surface area contributed by atoms with Crippen molar-refractivity contribution in [2.75, 3.05) is 32.8 Å². The molecule has 15 heavy (non-hydrogen) atoms. The summed E-state index contributed by atoms with van der Waals surface area (Å²) in [5.41, 5.74) is 5.90. The third-order valence-electron chi connectivity index (χ3n) is 3.51. The molecule has 1 aliphatic carbocycles. The van der Waals surface area contributed by atoms with Crippen LogP contribution in [0, 0.1) is 5.92 Å². The number of halogens is 1. The highest BCUT2D eigenvalue weighted by Crippen LogP contribution is 2.24. The van der Waals surface area contributed by atoms with Gasteiger partial charge in [0.05, 0.1) is 13.2 Å². The first-order valence-electron chi connectivity index (χ1n) is 5.90. The Kier molecular flexibility index (Phi) is 5.90.